The van der Waals surface area contributed by atoms with E-state index in [0.29, 0.717) is 12.6 Å². The maximum Gasteiger partial charge on any atom is 0.315 e. The van der Waals surface area contributed by atoms with E-state index < -0.39 is 0 Å². The number of amides is 2. The Bertz CT molecular complexity index is 799. The standard InChI is InChI=1S/C22H26ClN3O2/c1-15(16-5-3-2-4-6-16)24-22(27)25-19-11-20-14-28-21(13-26(20)12-19)17-7-9-18(23)10-8-17/h2-10,15,19-21H,11-14H2,1H3,(H2,24,25,27)/t15-,19-,20+,21-/m1/s1. The summed E-state index contributed by atoms with van der Waals surface area (Å²) in [7, 11) is 0. The molecule has 2 heterocycles. The first-order valence-corrected chi connectivity index (χ1v) is 10.2. The molecule has 28 heavy (non-hydrogen) atoms. The highest BCUT2D eigenvalue weighted by atomic mass is 35.5. The molecule has 0 spiro atoms. The Kier molecular flexibility index (Phi) is 5.85. The summed E-state index contributed by atoms with van der Waals surface area (Å²) in [6, 6.07) is 18.2. The minimum Gasteiger partial charge on any atom is -0.371 e. The van der Waals surface area contributed by atoms with E-state index in [-0.39, 0.29) is 24.2 Å². The number of carbonyl (C=O) groups excluding carboxylic acids is 1. The van der Waals surface area contributed by atoms with Gasteiger partial charge >= 0.3 is 6.03 Å². The molecule has 2 aromatic carbocycles. The van der Waals surface area contributed by atoms with Crippen LogP contribution in [0.5, 0.6) is 0 Å². The summed E-state index contributed by atoms with van der Waals surface area (Å²) >= 11 is 5.98. The van der Waals surface area contributed by atoms with Crippen molar-refractivity contribution in [2.24, 2.45) is 0 Å². The van der Waals surface area contributed by atoms with Gasteiger partial charge in [0.2, 0.25) is 0 Å². The van der Waals surface area contributed by atoms with Gasteiger partial charge < -0.3 is 15.4 Å². The second-order valence-electron chi connectivity index (χ2n) is 7.66. The van der Waals surface area contributed by atoms with Crippen LogP contribution >= 0.6 is 11.6 Å². The number of carbonyl (C=O) groups is 1. The van der Waals surface area contributed by atoms with Crippen molar-refractivity contribution in [1.82, 2.24) is 15.5 Å². The quantitative estimate of drug-likeness (QED) is 0.819. The van der Waals surface area contributed by atoms with Gasteiger partial charge in [0.05, 0.1) is 18.8 Å². The van der Waals surface area contributed by atoms with Crippen molar-refractivity contribution in [1.29, 1.82) is 0 Å². The van der Waals surface area contributed by atoms with Crippen molar-refractivity contribution in [3.63, 3.8) is 0 Å². The van der Waals surface area contributed by atoms with E-state index in [2.05, 4.69) is 15.5 Å². The average Bonchev–Trinajstić information content (AvgIpc) is 3.10. The average molecular weight is 400 g/mol. The molecule has 0 saturated carbocycles. The summed E-state index contributed by atoms with van der Waals surface area (Å²) in [5.74, 6) is 0. The van der Waals surface area contributed by atoms with Gasteiger partial charge in [0.15, 0.2) is 0 Å². The molecule has 4 atom stereocenters. The molecule has 0 bridgehead atoms. The van der Waals surface area contributed by atoms with Crippen LogP contribution in [0.4, 0.5) is 4.79 Å². The molecule has 0 radical (unpaired) electrons. The van der Waals surface area contributed by atoms with Crippen molar-refractivity contribution in [2.45, 2.75) is 37.6 Å². The molecule has 0 unspecified atom stereocenters. The lowest BCUT2D eigenvalue weighted by atomic mass is 10.1. The normalized spacial score (nSPS) is 25.7. The fourth-order valence-corrected chi connectivity index (χ4v) is 4.23. The van der Waals surface area contributed by atoms with Gasteiger partial charge in [0.1, 0.15) is 0 Å². The molecule has 2 aliphatic heterocycles. The molecule has 2 aromatic rings. The summed E-state index contributed by atoms with van der Waals surface area (Å²) in [6.07, 6.45) is 0.972. The number of urea groups is 1. The van der Waals surface area contributed by atoms with Crippen molar-refractivity contribution in [3.8, 4) is 0 Å². The number of ether oxygens (including phenoxy) is 1. The van der Waals surface area contributed by atoms with Crippen molar-refractivity contribution in [2.75, 3.05) is 19.7 Å². The lowest BCUT2D eigenvalue weighted by Crippen LogP contribution is -2.45. The summed E-state index contributed by atoms with van der Waals surface area (Å²) < 4.78 is 6.08. The number of nitrogens with one attached hydrogen (secondary N) is 2. The van der Waals surface area contributed by atoms with Gasteiger partial charge in [-0.15, -0.1) is 0 Å². The van der Waals surface area contributed by atoms with Crippen LogP contribution in [-0.2, 0) is 4.74 Å². The molecule has 2 saturated heterocycles. The zero-order chi connectivity index (χ0) is 19.5. The van der Waals surface area contributed by atoms with E-state index in [1.807, 2.05) is 61.5 Å². The Hall–Kier alpha value is -2.08. The van der Waals surface area contributed by atoms with E-state index in [1.165, 1.54) is 0 Å². The van der Waals surface area contributed by atoms with E-state index in [9.17, 15) is 4.79 Å². The SMILES string of the molecule is C[C@@H](NC(=O)N[C@@H]1C[C@H]2CO[C@@H](c3ccc(Cl)cc3)CN2C1)c1ccccc1. The molecule has 0 aromatic heterocycles. The predicted octanol–water partition coefficient (Wildman–Crippen LogP) is 3.91. The Morgan fingerprint density at radius 3 is 2.64 bits per heavy atom. The number of benzene rings is 2. The summed E-state index contributed by atoms with van der Waals surface area (Å²) in [4.78, 5) is 14.8. The Morgan fingerprint density at radius 1 is 1.14 bits per heavy atom. The third kappa shape index (κ3) is 4.49. The monoisotopic (exact) mass is 399 g/mol. The van der Waals surface area contributed by atoms with Gasteiger partial charge in [-0.1, -0.05) is 54.1 Å². The molecule has 5 nitrogen and oxygen atoms in total. The lowest BCUT2D eigenvalue weighted by Gasteiger charge is -2.35. The minimum atomic E-state index is -0.114. The zero-order valence-electron chi connectivity index (χ0n) is 16.0. The number of rotatable bonds is 4. The van der Waals surface area contributed by atoms with Crippen LogP contribution < -0.4 is 10.6 Å². The number of fused-ring (bicyclic) bond motifs is 1. The highest BCUT2D eigenvalue weighted by Gasteiger charge is 2.38. The molecule has 0 aliphatic carbocycles. The van der Waals surface area contributed by atoms with Crippen LogP contribution in [0.2, 0.25) is 5.02 Å². The predicted molar refractivity (Wildman–Crippen MR) is 110 cm³/mol. The van der Waals surface area contributed by atoms with Crippen LogP contribution in [0.3, 0.4) is 0 Å². The van der Waals surface area contributed by atoms with Gasteiger partial charge in [0.25, 0.3) is 0 Å². The Labute approximate surface area is 171 Å². The summed E-state index contributed by atoms with van der Waals surface area (Å²) in [5.41, 5.74) is 2.24. The second-order valence-corrected chi connectivity index (χ2v) is 8.10. The van der Waals surface area contributed by atoms with Gasteiger partial charge in [-0.3, -0.25) is 4.90 Å². The van der Waals surface area contributed by atoms with Crippen molar-refractivity contribution in [3.05, 3.63) is 70.7 Å². The maximum absolute atomic E-state index is 12.4. The van der Waals surface area contributed by atoms with Crippen molar-refractivity contribution >= 4 is 17.6 Å². The minimum absolute atomic E-state index is 0.0252. The third-order valence-corrected chi connectivity index (χ3v) is 5.89. The molecule has 4 rings (SSSR count). The zero-order valence-corrected chi connectivity index (χ0v) is 16.7. The molecule has 2 aliphatic rings. The lowest BCUT2D eigenvalue weighted by molar-refractivity contribution is -0.0502. The third-order valence-electron chi connectivity index (χ3n) is 5.64. The number of hydrogen-bond acceptors (Lipinski definition) is 3. The summed E-state index contributed by atoms with van der Waals surface area (Å²) in [6.45, 7) is 4.38. The topological polar surface area (TPSA) is 53.6 Å². The summed E-state index contributed by atoms with van der Waals surface area (Å²) in [5, 5.41) is 6.90. The van der Waals surface area contributed by atoms with Crippen LogP contribution in [0.1, 0.15) is 36.6 Å². The van der Waals surface area contributed by atoms with Crippen LogP contribution in [0, 0.1) is 0 Å². The largest absolute Gasteiger partial charge is 0.371 e. The van der Waals surface area contributed by atoms with Crippen LogP contribution in [0.25, 0.3) is 0 Å². The van der Waals surface area contributed by atoms with Gasteiger partial charge in [-0.2, -0.15) is 0 Å². The van der Waals surface area contributed by atoms with Crippen LogP contribution in [-0.4, -0.2) is 42.7 Å². The second kappa shape index (κ2) is 8.52. The fraction of sp³-hybridized carbons (Fsp3) is 0.409. The highest BCUT2D eigenvalue weighted by Crippen LogP contribution is 2.30. The van der Waals surface area contributed by atoms with Crippen LogP contribution in [0.15, 0.2) is 54.6 Å². The van der Waals surface area contributed by atoms with Gasteiger partial charge in [-0.05, 0) is 36.6 Å². The Morgan fingerprint density at radius 2 is 1.89 bits per heavy atom. The number of hydrogen-bond donors (Lipinski definition) is 2. The first-order valence-electron chi connectivity index (χ1n) is 9.81. The van der Waals surface area contributed by atoms with E-state index in [1.54, 1.807) is 0 Å². The maximum atomic E-state index is 12.4. The van der Waals surface area contributed by atoms with E-state index in [4.69, 9.17) is 16.3 Å². The smallest absolute Gasteiger partial charge is 0.315 e. The number of morpholine rings is 1. The highest BCUT2D eigenvalue weighted by molar-refractivity contribution is 6.30. The van der Waals surface area contributed by atoms with E-state index >= 15 is 0 Å². The molecule has 148 valence electrons. The number of nitrogens with zero attached hydrogens (tertiary/aromatic N) is 1. The van der Waals surface area contributed by atoms with Gasteiger partial charge in [-0.25, -0.2) is 4.79 Å². The van der Waals surface area contributed by atoms with Crippen molar-refractivity contribution < 1.29 is 9.53 Å². The molecule has 2 amide bonds. The molecular formula is C22H26ClN3O2. The molecular weight excluding hydrogens is 374 g/mol. The van der Waals surface area contributed by atoms with Gasteiger partial charge in [0, 0.05) is 30.2 Å². The molecule has 6 heteroatoms. The fourth-order valence-electron chi connectivity index (χ4n) is 4.11. The Balaban J connectivity index is 1.29. The molecule has 2 fully saturated rings. The number of halogens is 1. The first-order chi connectivity index (χ1) is 13.6. The van der Waals surface area contributed by atoms with E-state index in [0.717, 1.165) is 35.7 Å². The first kappa shape index (κ1) is 19.2. The molecule has 2 N–H and O–H groups in total.